The molecule has 1 aliphatic heterocycles. The second-order valence-corrected chi connectivity index (χ2v) is 4.32. The number of imide groups is 1. The number of halogens is 1. The molecule has 0 saturated carbocycles. The number of hydrogen-bond donors (Lipinski definition) is 0. The molecule has 1 atom stereocenters. The topological polar surface area (TPSA) is 50.3 Å². The number of carbonyl (C=O) groups is 2. The van der Waals surface area contributed by atoms with Crippen LogP contribution in [-0.4, -0.2) is 16.8 Å². The molecule has 0 bridgehead atoms. The van der Waals surface area contributed by atoms with Crippen LogP contribution in [0.25, 0.3) is 0 Å². The summed E-state index contributed by atoms with van der Waals surface area (Å²) in [6, 6.07) is 3.31. The van der Waals surface area contributed by atoms with Gasteiger partial charge in [0.1, 0.15) is 4.60 Å². The molecule has 2 rings (SSSR count). The Bertz CT molecular complexity index is 433. The lowest BCUT2D eigenvalue weighted by atomic mass is 10.1. The fourth-order valence-corrected chi connectivity index (χ4v) is 1.94. The lowest BCUT2D eigenvalue weighted by Gasteiger charge is -2.13. The molecule has 0 aliphatic carbocycles. The first-order valence-corrected chi connectivity index (χ1v) is 5.37. The number of pyridine rings is 1. The van der Waals surface area contributed by atoms with E-state index in [1.807, 2.05) is 0 Å². The Morgan fingerprint density at radius 3 is 2.80 bits per heavy atom. The molecule has 0 N–H and O–H groups in total. The van der Waals surface area contributed by atoms with Gasteiger partial charge in [-0.05, 0) is 28.1 Å². The number of anilines is 1. The average Bonchev–Trinajstić information content (AvgIpc) is 2.41. The van der Waals surface area contributed by atoms with Gasteiger partial charge in [-0.3, -0.25) is 14.5 Å². The van der Waals surface area contributed by atoms with Gasteiger partial charge in [-0.25, -0.2) is 4.98 Å². The van der Waals surface area contributed by atoms with E-state index in [9.17, 15) is 9.59 Å². The van der Waals surface area contributed by atoms with Crippen molar-refractivity contribution in [3.8, 4) is 0 Å². The van der Waals surface area contributed by atoms with Crippen LogP contribution in [0.2, 0.25) is 0 Å². The lowest BCUT2D eigenvalue weighted by Crippen LogP contribution is -2.29. The predicted molar refractivity (Wildman–Crippen MR) is 58.2 cm³/mol. The first-order chi connectivity index (χ1) is 7.09. The van der Waals surface area contributed by atoms with Gasteiger partial charge in [-0.15, -0.1) is 0 Å². The summed E-state index contributed by atoms with van der Waals surface area (Å²) in [7, 11) is 0. The quantitative estimate of drug-likeness (QED) is 0.576. The van der Waals surface area contributed by atoms with Crippen LogP contribution in [0, 0.1) is 5.92 Å². The SMILES string of the molecule is CC1CC(=O)N(c2ccnc(Br)c2)C1=O. The maximum absolute atomic E-state index is 11.7. The van der Waals surface area contributed by atoms with Gasteiger partial charge in [-0.1, -0.05) is 6.92 Å². The van der Waals surface area contributed by atoms with Crippen molar-refractivity contribution in [2.24, 2.45) is 5.92 Å². The predicted octanol–water partition coefficient (Wildman–Crippen LogP) is 1.74. The van der Waals surface area contributed by atoms with Crippen molar-refractivity contribution in [3.63, 3.8) is 0 Å². The van der Waals surface area contributed by atoms with Crippen LogP contribution in [0.15, 0.2) is 22.9 Å². The molecule has 1 aromatic heterocycles. The normalized spacial score (nSPS) is 21.2. The Hall–Kier alpha value is -1.23. The van der Waals surface area contributed by atoms with Crippen LogP contribution in [0.4, 0.5) is 5.69 Å². The third-order valence-corrected chi connectivity index (χ3v) is 2.77. The summed E-state index contributed by atoms with van der Waals surface area (Å²) in [5, 5.41) is 0. The molecule has 78 valence electrons. The van der Waals surface area contributed by atoms with Crippen LogP contribution in [0.1, 0.15) is 13.3 Å². The van der Waals surface area contributed by atoms with Crippen molar-refractivity contribution in [2.75, 3.05) is 4.90 Å². The molecule has 5 heteroatoms. The van der Waals surface area contributed by atoms with Crippen molar-refractivity contribution < 1.29 is 9.59 Å². The minimum atomic E-state index is -0.218. The van der Waals surface area contributed by atoms with Crippen LogP contribution in [0.5, 0.6) is 0 Å². The molecule has 1 aromatic rings. The maximum Gasteiger partial charge on any atom is 0.237 e. The molecule has 0 spiro atoms. The Morgan fingerprint density at radius 1 is 1.53 bits per heavy atom. The molecule has 2 amide bonds. The minimum Gasteiger partial charge on any atom is -0.274 e. The van der Waals surface area contributed by atoms with Crippen molar-refractivity contribution in [1.29, 1.82) is 0 Å². The second kappa shape index (κ2) is 3.73. The lowest BCUT2D eigenvalue weighted by molar-refractivity contribution is -0.122. The molecule has 1 aliphatic rings. The fourth-order valence-electron chi connectivity index (χ4n) is 1.59. The molecular formula is C10H9BrN2O2. The highest BCUT2D eigenvalue weighted by molar-refractivity contribution is 9.10. The molecule has 15 heavy (non-hydrogen) atoms. The summed E-state index contributed by atoms with van der Waals surface area (Å²) >= 11 is 3.20. The molecule has 4 nitrogen and oxygen atoms in total. The van der Waals surface area contributed by atoms with Crippen molar-refractivity contribution in [3.05, 3.63) is 22.9 Å². The van der Waals surface area contributed by atoms with Crippen molar-refractivity contribution in [1.82, 2.24) is 4.98 Å². The standard InChI is InChI=1S/C10H9BrN2O2/c1-6-4-9(14)13(10(6)15)7-2-3-12-8(11)5-7/h2-3,5-6H,4H2,1H3. The van der Waals surface area contributed by atoms with E-state index in [0.717, 1.165) is 0 Å². The van der Waals surface area contributed by atoms with E-state index >= 15 is 0 Å². The molecule has 0 radical (unpaired) electrons. The highest BCUT2D eigenvalue weighted by atomic mass is 79.9. The molecule has 0 aromatic carbocycles. The van der Waals surface area contributed by atoms with Gasteiger partial charge < -0.3 is 0 Å². The van der Waals surface area contributed by atoms with E-state index in [-0.39, 0.29) is 17.7 Å². The highest BCUT2D eigenvalue weighted by Crippen LogP contribution is 2.26. The van der Waals surface area contributed by atoms with Crippen LogP contribution < -0.4 is 4.90 Å². The summed E-state index contributed by atoms with van der Waals surface area (Å²) in [4.78, 5) is 28.4. The van der Waals surface area contributed by atoms with E-state index in [1.54, 1.807) is 25.3 Å². The van der Waals surface area contributed by atoms with Gasteiger partial charge in [0.2, 0.25) is 11.8 Å². The van der Waals surface area contributed by atoms with E-state index in [1.165, 1.54) is 4.90 Å². The first-order valence-electron chi connectivity index (χ1n) is 4.58. The third kappa shape index (κ3) is 1.79. The van der Waals surface area contributed by atoms with Crippen LogP contribution >= 0.6 is 15.9 Å². The molecule has 1 unspecified atom stereocenters. The fraction of sp³-hybridized carbons (Fsp3) is 0.300. The average molecular weight is 269 g/mol. The molecule has 1 fully saturated rings. The Kier molecular flexibility index (Phi) is 2.56. The summed E-state index contributed by atoms with van der Waals surface area (Å²) in [5.41, 5.74) is 0.580. The summed E-state index contributed by atoms with van der Waals surface area (Å²) < 4.78 is 0.611. The van der Waals surface area contributed by atoms with Gasteiger partial charge in [-0.2, -0.15) is 0 Å². The summed E-state index contributed by atoms with van der Waals surface area (Å²) in [6.45, 7) is 1.76. The Labute approximate surface area is 95.4 Å². The first kappa shape index (κ1) is 10.3. The zero-order valence-electron chi connectivity index (χ0n) is 8.11. The van der Waals surface area contributed by atoms with E-state index < -0.39 is 0 Å². The number of rotatable bonds is 1. The van der Waals surface area contributed by atoms with Crippen molar-refractivity contribution >= 4 is 33.4 Å². The monoisotopic (exact) mass is 268 g/mol. The molecule has 1 saturated heterocycles. The number of amides is 2. The smallest absolute Gasteiger partial charge is 0.237 e. The summed E-state index contributed by atoms with van der Waals surface area (Å²) in [6.07, 6.45) is 1.85. The number of carbonyl (C=O) groups excluding carboxylic acids is 2. The zero-order valence-corrected chi connectivity index (χ0v) is 9.69. The number of aromatic nitrogens is 1. The highest BCUT2D eigenvalue weighted by Gasteiger charge is 2.36. The van der Waals surface area contributed by atoms with Crippen molar-refractivity contribution in [2.45, 2.75) is 13.3 Å². The Morgan fingerprint density at radius 2 is 2.27 bits per heavy atom. The summed E-state index contributed by atoms with van der Waals surface area (Å²) in [5.74, 6) is -0.506. The van der Waals surface area contributed by atoms with Gasteiger partial charge in [0.15, 0.2) is 0 Å². The third-order valence-electron chi connectivity index (χ3n) is 2.34. The van der Waals surface area contributed by atoms with Gasteiger partial charge in [0.25, 0.3) is 0 Å². The number of hydrogen-bond acceptors (Lipinski definition) is 3. The van der Waals surface area contributed by atoms with Gasteiger partial charge >= 0.3 is 0 Å². The van der Waals surface area contributed by atoms with E-state index in [4.69, 9.17) is 0 Å². The van der Waals surface area contributed by atoms with E-state index in [2.05, 4.69) is 20.9 Å². The Balaban J connectivity index is 2.39. The molecule has 2 heterocycles. The molecular weight excluding hydrogens is 260 g/mol. The van der Waals surface area contributed by atoms with Gasteiger partial charge in [0.05, 0.1) is 5.69 Å². The maximum atomic E-state index is 11.7. The van der Waals surface area contributed by atoms with E-state index in [0.29, 0.717) is 16.7 Å². The van der Waals surface area contributed by atoms with Gasteiger partial charge in [0, 0.05) is 18.5 Å². The minimum absolute atomic E-state index is 0.141. The second-order valence-electron chi connectivity index (χ2n) is 3.51. The zero-order chi connectivity index (χ0) is 11.0. The number of nitrogens with zero attached hydrogens (tertiary/aromatic N) is 2. The largest absolute Gasteiger partial charge is 0.274 e. The van der Waals surface area contributed by atoms with Crippen LogP contribution in [0.3, 0.4) is 0 Å². The van der Waals surface area contributed by atoms with Crippen LogP contribution in [-0.2, 0) is 9.59 Å².